The summed E-state index contributed by atoms with van der Waals surface area (Å²) in [6.45, 7) is -0.808. The Bertz CT molecular complexity index is 498. The molecule has 2 aromatic rings. The van der Waals surface area contributed by atoms with Crippen molar-refractivity contribution in [1.29, 1.82) is 0 Å². The molecule has 0 aliphatic rings. The van der Waals surface area contributed by atoms with E-state index in [2.05, 4.69) is 34.4 Å². The van der Waals surface area contributed by atoms with E-state index in [-0.39, 0.29) is 0 Å². The van der Waals surface area contributed by atoms with Crippen LogP contribution in [0.4, 0.5) is 0 Å². The Hall–Kier alpha value is -1.03. The van der Waals surface area contributed by atoms with Crippen LogP contribution in [0.3, 0.4) is 0 Å². The zero-order valence-corrected chi connectivity index (χ0v) is 12.3. The van der Waals surface area contributed by atoms with Crippen molar-refractivity contribution in [3.8, 4) is 0 Å². The van der Waals surface area contributed by atoms with E-state index in [1.165, 1.54) is 11.1 Å². The van der Waals surface area contributed by atoms with Gasteiger partial charge in [-0.15, -0.1) is 0 Å². The van der Waals surface area contributed by atoms with Gasteiger partial charge < -0.3 is 0 Å². The van der Waals surface area contributed by atoms with Gasteiger partial charge in [0.25, 0.3) is 0 Å². The Balaban J connectivity index is 1.84. The molecule has 0 aliphatic carbocycles. The van der Waals surface area contributed by atoms with Gasteiger partial charge >= 0.3 is 0 Å². The summed E-state index contributed by atoms with van der Waals surface area (Å²) in [5.41, 5.74) is 8.48. The van der Waals surface area contributed by atoms with Gasteiger partial charge in [-0.3, -0.25) is 15.7 Å². The molecule has 2 rings (SSSR count). The summed E-state index contributed by atoms with van der Waals surface area (Å²) in [5, 5.41) is 6.48. The molecule has 2 aromatic carbocycles. The number of nitrogens with one attached hydrogen (secondary N) is 2. The molecule has 0 heterocycles. The highest BCUT2D eigenvalue weighted by Crippen LogP contribution is 2.26. The number of hydrogen-bond donors (Lipinski definition) is 3. The van der Waals surface area contributed by atoms with E-state index in [9.17, 15) is 0 Å². The summed E-state index contributed by atoms with van der Waals surface area (Å²) in [6, 6.07) is 20.2. The largest absolute Gasteiger partial charge is 0.279 e. The Labute approximate surface area is 119 Å². The number of nitrogens with two attached hydrogens (primary N) is 1. The van der Waals surface area contributed by atoms with Crippen LogP contribution >= 0.6 is 6.49 Å². The average Bonchev–Trinajstić information content (AvgIpc) is 2.46. The Kier molecular flexibility index (Phi) is 5.25. The van der Waals surface area contributed by atoms with E-state index >= 15 is 0 Å². The molecule has 0 bridgehead atoms. The number of rotatable bonds is 6. The summed E-state index contributed by atoms with van der Waals surface area (Å²) in [7, 11) is 0. The molecule has 0 fully saturated rings. The molecular weight excluding hydrogens is 273 g/mol. The quantitative estimate of drug-likeness (QED) is 0.716. The summed E-state index contributed by atoms with van der Waals surface area (Å²) in [6.07, 6.45) is 0. The third kappa shape index (κ3) is 5.23. The van der Waals surface area contributed by atoms with E-state index in [4.69, 9.17) is 17.3 Å². The Morgan fingerprint density at radius 3 is 1.53 bits per heavy atom. The lowest BCUT2D eigenvalue weighted by molar-refractivity contribution is 0.885. The van der Waals surface area contributed by atoms with Crippen molar-refractivity contribution in [2.24, 2.45) is 5.50 Å². The third-order valence-electron chi connectivity index (χ3n) is 2.72. The van der Waals surface area contributed by atoms with Gasteiger partial charge in [0, 0.05) is 13.1 Å². The first-order valence-electron chi connectivity index (χ1n) is 6.12. The topological polar surface area (TPSA) is 50.1 Å². The number of hydrogen-bond acceptors (Lipinski definition) is 1. The zero-order chi connectivity index (χ0) is 13.6. The molecule has 100 valence electrons. The highest BCUT2D eigenvalue weighted by Gasteiger charge is 2.08. The molecule has 0 saturated carbocycles. The van der Waals surface area contributed by atoms with Gasteiger partial charge in [-0.2, -0.15) is 0 Å². The van der Waals surface area contributed by atoms with Crippen molar-refractivity contribution in [2.75, 3.05) is 0 Å². The van der Waals surface area contributed by atoms with E-state index in [1.807, 2.05) is 36.4 Å². The van der Waals surface area contributed by atoms with Crippen molar-refractivity contribution < 1.29 is 0 Å². The summed E-state index contributed by atoms with van der Waals surface area (Å²) >= 11 is 5.41. The molecule has 0 saturated heterocycles. The lowest BCUT2D eigenvalue weighted by Crippen LogP contribution is -2.27. The van der Waals surface area contributed by atoms with Crippen LogP contribution in [0.1, 0.15) is 11.1 Å². The van der Waals surface area contributed by atoms with Gasteiger partial charge in [-0.25, -0.2) is 0 Å². The SMILES string of the molecule is NP(=S)(NCc1ccccc1)NCc1ccccc1. The van der Waals surface area contributed by atoms with Gasteiger partial charge in [-0.1, -0.05) is 60.7 Å². The lowest BCUT2D eigenvalue weighted by atomic mass is 10.2. The summed E-state index contributed by atoms with van der Waals surface area (Å²) in [5.74, 6) is 0. The van der Waals surface area contributed by atoms with E-state index < -0.39 is 6.49 Å². The molecule has 0 spiro atoms. The van der Waals surface area contributed by atoms with Crippen LogP contribution in [-0.4, -0.2) is 0 Å². The maximum absolute atomic E-state index is 6.12. The fourth-order valence-corrected chi connectivity index (χ4v) is 3.00. The lowest BCUT2D eigenvalue weighted by Gasteiger charge is -2.20. The molecule has 3 nitrogen and oxygen atoms in total. The van der Waals surface area contributed by atoms with E-state index in [1.54, 1.807) is 0 Å². The van der Waals surface area contributed by atoms with Crippen molar-refractivity contribution in [1.82, 2.24) is 10.2 Å². The summed E-state index contributed by atoms with van der Waals surface area (Å²) in [4.78, 5) is 0. The maximum Gasteiger partial charge on any atom is 0.135 e. The van der Waals surface area contributed by atoms with E-state index in [0.717, 1.165) is 0 Å². The molecule has 0 atom stereocenters. The van der Waals surface area contributed by atoms with Crippen LogP contribution in [0, 0.1) is 0 Å². The molecule has 0 radical (unpaired) electrons. The third-order valence-corrected chi connectivity index (χ3v) is 4.75. The minimum absolute atomic E-state index is 0.691. The predicted molar refractivity (Wildman–Crippen MR) is 85.0 cm³/mol. The van der Waals surface area contributed by atoms with Crippen LogP contribution in [0.15, 0.2) is 60.7 Å². The average molecular weight is 291 g/mol. The van der Waals surface area contributed by atoms with Gasteiger partial charge in [0.05, 0.1) is 0 Å². The molecule has 0 aromatic heterocycles. The van der Waals surface area contributed by atoms with Gasteiger partial charge in [0.1, 0.15) is 6.49 Å². The second kappa shape index (κ2) is 6.94. The van der Waals surface area contributed by atoms with Crippen LogP contribution in [-0.2, 0) is 24.9 Å². The standard InChI is InChI=1S/C14H18N3PS/c15-18(19,16-11-13-7-3-1-4-8-13)17-12-14-9-5-2-6-10-14/h1-10H,11-12H2,(H4,15,16,17,19). The normalized spacial score (nSPS) is 11.4. The summed E-state index contributed by atoms with van der Waals surface area (Å²) < 4.78 is 0. The first-order valence-corrected chi connectivity index (χ1v) is 8.99. The molecule has 0 unspecified atom stereocenters. The minimum Gasteiger partial charge on any atom is -0.279 e. The van der Waals surface area contributed by atoms with Crippen molar-refractivity contribution in [3.63, 3.8) is 0 Å². The smallest absolute Gasteiger partial charge is 0.135 e. The second-order valence-corrected chi connectivity index (χ2v) is 7.98. The fraction of sp³-hybridized carbons (Fsp3) is 0.143. The van der Waals surface area contributed by atoms with Crippen molar-refractivity contribution in [3.05, 3.63) is 71.8 Å². The molecule has 0 amide bonds. The van der Waals surface area contributed by atoms with Crippen LogP contribution in [0.5, 0.6) is 0 Å². The monoisotopic (exact) mass is 291 g/mol. The fourth-order valence-electron chi connectivity index (χ4n) is 1.67. The van der Waals surface area contributed by atoms with Crippen LogP contribution in [0.2, 0.25) is 0 Å². The molecule has 4 N–H and O–H groups in total. The van der Waals surface area contributed by atoms with Gasteiger partial charge in [0.15, 0.2) is 0 Å². The van der Waals surface area contributed by atoms with Crippen LogP contribution in [0.25, 0.3) is 0 Å². The minimum atomic E-state index is -2.19. The van der Waals surface area contributed by atoms with Gasteiger partial charge in [0.2, 0.25) is 0 Å². The Morgan fingerprint density at radius 2 is 1.16 bits per heavy atom. The molecule has 19 heavy (non-hydrogen) atoms. The zero-order valence-electron chi connectivity index (χ0n) is 10.6. The second-order valence-electron chi connectivity index (χ2n) is 4.30. The molecular formula is C14H18N3PS. The van der Waals surface area contributed by atoms with Crippen LogP contribution < -0.4 is 15.7 Å². The van der Waals surface area contributed by atoms with Crippen molar-refractivity contribution in [2.45, 2.75) is 13.1 Å². The first kappa shape index (κ1) is 14.4. The van der Waals surface area contributed by atoms with E-state index in [0.29, 0.717) is 13.1 Å². The number of benzene rings is 2. The highest BCUT2D eigenvalue weighted by molar-refractivity contribution is 8.11. The maximum atomic E-state index is 6.12. The predicted octanol–water partition coefficient (Wildman–Crippen LogP) is 2.75. The Morgan fingerprint density at radius 1 is 0.789 bits per heavy atom. The molecule has 5 heteroatoms. The first-order chi connectivity index (χ1) is 9.16. The van der Waals surface area contributed by atoms with Crippen molar-refractivity contribution >= 4 is 18.3 Å². The van der Waals surface area contributed by atoms with Gasteiger partial charge in [-0.05, 0) is 22.9 Å². The highest BCUT2D eigenvalue weighted by atomic mass is 32.4. The molecule has 0 aliphatic heterocycles.